The summed E-state index contributed by atoms with van der Waals surface area (Å²) in [4.78, 5) is 31.4. The van der Waals surface area contributed by atoms with Crippen LogP contribution in [-0.2, 0) is 11.2 Å². The fourth-order valence-electron chi connectivity index (χ4n) is 4.81. The second-order valence-electron chi connectivity index (χ2n) is 8.06. The highest BCUT2D eigenvalue weighted by molar-refractivity contribution is 6.31. The van der Waals surface area contributed by atoms with Crippen molar-refractivity contribution in [2.75, 3.05) is 4.90 Å². The average Bonchev–Trinajstić information content (AvgIpc) is 3.46. The number of carbonyl (C=O) groups is 2. The van der Waals surface area contributed by atoms with E-state index in [9.17, 15) is 9.59 Å². The maximum atomic E-state index is 13.4. The minimum Gasteiger partial charge on any atom is -0.349 e. The van der Waals surface area contributed by atoms with E-state index in [2.05, 4.69) is 10.3 Å². The number of anilines is 1. The number of hydrogen-bond acceptors (Lipinski definition) is 3. The predicted octanol–water partition coefficient (Wildman–Crippen LogP) is 4.36. The minimum atomic E-state index is -0.0431. The van der Waals surface area contributed by atoms with Crippen molar-refractivity contribution in [1.29, 1.82) is 0 Å². The second kappa shape index (κ2) is 6.59. The first-order valence-electron chi connectivity index (χ1n) is 9.91. The zero-order chi connectivity index (χ0) is 19.4. The van der Waals surface area contributed by atoms with Crippen LogP contribution < -0.4 is 10.2 Å². The summed E-state index contributed by atoms with van der Waals surface area (Å²) in [5.74, 6) is 0.452. The van der Waals surface area contributed by atoms with Crippen molar-refractivity contribution in [1.82, 2.24) is 10.3 Å². The minimum absolute atomic E-state index is 0.0237. The summed E-state index contributed by atoms with van der Waals surface area (Å²) < 4.78 is 0. The number of benzene rings is 1. The van der Waals surface area contributed by atoms with Crippen LogP contribution in [0.5, 0.6) is 0 Å². The highest BCUT2D eigenvalue weighted by Gasteiger charge is 2.47. The highest BCUT2D eigenvalue weighted by atomic mass is 35.5. The molecular weight excluding hydrogens is 374 g/mol. The Morgan fingerprint density at radius 3 is 2.79 bits per heavy atom. The largest absolute Gasteiger partial charge is 0.349 e. The van der Waals surface area contributed by atoms with Crippen LogP contribution in [0.4, 0.5) is 5.69 Å². The molecule has 1 aromatic heterocycles. The Balaban J connectivity index is 1.62. The standard InChI is InChI=1S/C22H22ClN3O2/c1-12(27)25-19-4-2-3-15-18(19)10-24-11-20(15)26-21(13-5-6-13)17-9-14(23)7-8-16(17)22(26)28/h7-11,13,19,21H,2-6H2,1H3,(H,25,27)/t19-,21?/m0/s1. The molecule has 2 atom stereocenters. The number of carbonyl (C=O) groups excluding carboxylic acids is 2. The van der Waals surface area contributed by atoms with Gasteiger partial charge < -0.3 is 5.32 Å². The predicted molar refractivity (Wildman–Crippen MR) is 107 cm³/mol. The third-order valence-corrected chi connectivity index (χ3v) is 6.36. The molecule has 1 unspecified atom stereocenters. The van der Waals surface area contributed by atoms with E-state index in [1.165, 1.54) is 0 Å². The Kier molecular flexibility index (Phi) is 4.16. The van der Waals surface area contributed by atoms with E-state index in [1.807, 2.05) is 29.4 Å². The SMILES string of the molecule is CC(=O)N[C@H]1CCCc2c1cncc2N1C(=O)c2ccc(Cl)cc2C1C1CC1. The van der Waals surface area contributed by atoms with Crippen molar-refractivity contribution in [2.45, 2.75) is 51.1 Å². The second-order valence-corrected chi connectivity index (χ2v) is 8.50. The Morgan fingerprint density at radius 2 is 2.04 bits per heavy atom. The van der Waals surface area contributed by atoms with E-state index in [0.29, 0.717) is 10.9 Å². The molecule has 2 amide bonds. The molecule has 28 heavy (non-hydrogen) atoms. The fraction of sp³-hybridized carbons (Fsp3) is 0.409. The van der Waals surface area contributed by atoms with Gasteiger partial charge in [0.2, 0.25) is 5.91 Å². The first kappa shape index (κ1) is 17.7. The van der Waals surface area contributed by atoms with Gasteiger partial charge in [-0.05, 0) is 72.9 Å². The van der Waals surface area contributed by atoms with Crippen LogP contribution in [0.3, 0.4) is 0 Å². The summed E-state index contributed by atoms with van der Waals surface area (Å²) in [6, 6.07) is 5.56. The van der Waals surface area contributed by atoms with Crippen LogP contribution in [0.25, 0.3) is 0 Å². The molecule has 5 rings (SSSR count). The van der Waals surface area contributed by atoms with Crippen molar-refractivity contribution < 1.29 is 9.59 Å². The van der Waals surface area contributed by atoms with Gasteiger partial charge in [-0.25, -0.2) is 0 Å². The lowest BCUT2D eigenvalue weighted by molar-refractivity contribution is -0.119. The molecule has 6 heteroatoms. The van der Waals surface area contributed by atoms with Crippen LogP contribution >= 0.6 is 11.6 Å². The van der Waals surface area contributed by atoms with E-state index in [1.54, 1.807) is 13.0 Å². The van der Waals surface area contributed by atoms with Gasteiger partial charge >= 0.3 is 0 Å². The Labute approximate surface area is 169 Å². The van der Waals surface area contributed by atoms with E-state index in [0.717, 1.165) is 60.0 Å². The van der Waals surface area contributed by atoms with Gasteiger partial charge in [-0.15, -0.1) is 0 Å². The van der Waals surface area contributed by atoms with Crippen molar-refractivity contribution in [3.8, 4) is 0 Å². The Bertz CT molecular complexity index is 986. The van der Waals surface area contributed by atoms with Crippen molar-refractivity contribution >= 4 is 29.1 Å². The number of rotatable bonds is 3. The molecule has 1 aromatic carbocycles. The van der Waals surface area contributed by atoms with Crippen molar-refractivity contribution in [3.63, 3.8) is 0 Å². The van der Waals surface area contributed by atoms with Gasteiger partial charge in [-0.3, -0.25) is 19.5 Å². The molecule has 0 saturated heterocycles. The summed E-state index contributed by atoms with van der Waals surface area (Å²) in [5, 5.41) is 3.70. The average molecular weight is 396 g/mol. The molecule has 0 radical (unpaired) electrons. The molecule has 1 N–H and O–H groups in total. The topological polar surface area (TPSA) is 62.3 Å². The molecular formula is C22H22ClN3O2. The number of halogens is 1. The molecule has 1 fully saturated rings. The van der Waals surface area contributed by atoms with Crippen LogP contribution in [-0.4, -0.2) is 16.8 Å². The van der Waals surface area contributed by atoms with Crippen LogP contribution in [0, 0.1) is 5.92 Å². The third-order valence-electron chi connectivity index (χ3n) is 6.13. The van der Waals surface area contributed by atoms with E-state index in [-0.39, 0.29) is 23.9 Å². The van der Waals surface area contributed by atoms with Gasteiger partial charge in [0, 0.05) is 23.7 Å². The lowest BCUT2D eigenvalue weighted by Gasteiger charge is -2.32. The molecule has 2 aromatic rings. The molecule has 5 nitrogen and oxygen atoms in total. The molecule has 3 aliphatic rings. The van der Waals surface area contributed by atoms with Gasteiger partial charge in [-0.1, -0.05) is 11.6 Å². The van der Waals surface area contributed by atoms with Gasteiger partial charge in [0.05, 0.1) is 24.0 Å². The maximum Gasteiger partial charge on any atom is 0.259 e. The van der Waals surface area contributed by atoms with E-state index < -0.39 is 0 Å². The lowest BCUT2D eigenvalue weighted by atomic mass is 9.87. The fourth-order valence-corrected chi connectivity index (χ4v) is 4.99. The molecule has 144 valence electrons. The molecule has 2 aliphatic carbocycles. The first-order chi connectivity index (χ1) is 13.5. The molecule has 1 saturated carbocycles. The third kappa shape index (κ3) is 2.80. The summed E-state index contributed by atoms with van der Waals surface area (Å²) >= 11 is 6.26. The van der Waals surface area contributed by atoms with Gasteiger partial charge in [0.1, 0.15) is 0 Å². The van der Waals surface area contributed by atoms with Gasteiger partial charge in [-0.2, -0.15) is 0 Å². The Morgan fingerprint density at radius 1 is 1.21 bits per heavy atom. The monoisotopic (exact) mass is 395 g/mol. The highest BCUT2D eigenvalue weighted by Crippen LogP contribution is 2.52. The van der Waals surface area contributed by atoms with Crippen LogP contribution in [0.1, 0.15) is 71.7 Å². The number of pyridine rings is 1. The molecule has 1 aliphatic heterocycles. The smallest absolute Gasteiger partial charge is 0.259 e. The van der Waals surface area contributed by atoms with Crippen LogP contribution in [0.15, 0.2) is 30.6 Å². The number of nitrogens with one attached hydrogen (secondary N) is 1. The molecule has 0 bridgehead atoms. The summed E-state index contributed by atoms with van der Waals surface area (Å²) in [5.41, 5.74) is 4.84. The zero-order valence-corrected chi connectivity index (χ0v) is 16.5. The van der Waals surface area contributed by atoms with Gasteiger partial charge in [0.25, 0.3) is 5.91 Å². The summed E-state index contributed by atoms with van der Waals surface area (Å²) in [7, 11) is 0. The number of fused-ring (bicyclic) bond motifs is 2. The normalized spacial score (nSPS) is 23.4. The number of aromatic nitrogens is 1. The zero-order valence-electron chi connectivity index (χ0n) is 15.7. The lowest BCUT2D eigenvalue weighted by Crippen LogP contribution is -2.33. The Hall–Kier alpha value is -2.40. The maximum absolute atomic E-state index is 13.4. The number of nitrogens with zero attached hydrogens (tertiary/aromatic N) is 2. The van der Waals surface area contributed by atoms with Gasteiger partial charge in [0.15, 0.2) is 0 Å². The summed E-state index contributed by atoms with van der Waals surface area (Å²) in [6.07, 6.45) is 8.67. The number of amides is 2. The first-order valence-corrected chi connectivity index (χ1v) is 10.3. The summed E-state index contributed by atoms with van der Waals surface area (Å²) in [6.45, 7) is 1.54. The van der Waals surface area contributed by atoms with Crippen molar-refractivity contribution in [2.24, 2.45) is 5.92 Å². The molecule has 2 heterocycles. The number of hydrogen-bond donors (Lipinski definition) is 1. The van der Waals surface area contributed by atoms with E-state index in [4.69, 9.17) is 11.6 Å². The molecule has 0 spiro atoms. The van der Waals surface area contributed by atoms with Crippen LogP contribution in [0.2, 0.25) is 5.02 Å². The van der Waals surface area contributed by atoms with Crippen molar-refractivity contribution in [3.05, 3.63) is 57.9 Å². The van der Waals surface area contributed by atoms with E-state index >= 15 is 0 Å². The quantitative estimate of drug-likeness (QED) is 0.839.